The third-order valence-corrected chi connectivity index (χ3v) is 3.24. The summed E-state index contributed by atoms with van der Waals surface area (Å²) in [4.78, 5) is 0. The minimum Gasteiger partial charge on any atom is -0.310 e. The lowest BCUT2D eigenvalue weighted by Crippen LogP contribution is -2.21. The first-order valence-electron chi connectivity index (χ1n) is 6.45. The van der Waals surface area contributed by atoms with Crippen molar-refractivity contribution in [1.29, 1.82) is 0 Å². The smallest absolute Gasteiger partial charge is 0.133 e. The minimum absolute atomic E-state index is 0.0683. The van der Waals surface area contributed by atoms with Gasteiger partial charge in [0.1, 0.15) is 11.6 Å². The number of rotatable bonds is 5. The Bertz CT molecular complexity index is 428. The molecule has 0 spiro atoms. The van der Waals surface area contributed by atoms with E-state index in [1.807, 2.05) is 13.8 Å². The van der Waals surface area contributed by atoms with Crippen LogP contribution in [0.15, 0.2) is 23.8 Å². The SMILES string of the molecule is CC(C)C(=Cc1c(F)cccc1F)CNC1CC1. The molecule has 0 saturated heterocycles. The van der Waals surface area contributed by atoms with Crippen LogP contribution in [0.4, 0.5) is 8.78 Å². The number of halogens is 2. The highest BCUT2D eigenvalue weighted by Gasteiger charge is 2.21. The minimum atomic E-state index is -0.500. The molecular formula is C15H19F2N. The monoisotopic (exact) mass is 251 g/mol. The topological polar surface area (TPSA) is 12.0 Å². The first-order chi connectivity index (χ1) is 8.58. The molecule has 2 rings (SSSR count). The molecule has 18 heavy (non-hydrogen) atoms. The van der Waals surface area contributed by atoms with Crippen molar-refractivity contribution in [3.8, 4) is 0 Å². The van der Waals surface area contributed by atoms with Crippen LogP contribution < -0.4 is 5.32 Å². The van der Waals surface area contributed by atoms with Crippen molar-refractivity contribution in [2.24, 2.45) is 5.92 Å². The highest BCUT2D eigenvalue weighted by molar-refractivity contribution is 5.55. The van der Waals surface area contributed by atoms with Crippen LogP contribution in [0.25, 0.3) is 6.08 Å². The molecule has 0 bridgehead atoms. The predicted molar refractivity (Wildman–Crippen MR) is 70.2 cm³/mol. The molecule has 1 aliphatic rings. The van der Waals surface area contributed by atoms with Gasteiger partial charge in [0.25, 0.3) is 0 Å². The van der Waals surface area contributed by atoms with Crippen LogP contribution in [0.1, 0.15) is 32.3 Å². The summed E-state index contributed by atoms with van der Waals surface area (Å²) in [7, 11) is 0. The van der Waals surface area contributed by atoms with Crippen molar-refractivity contribution in [2.75, 3.05) is 6.54 Å². The summed E-state index contributed by atoms with van der Waals surface area (Å²) in [6, 6.07) is 4.57. The zero-order valence-corrected chi connectivity index (χ0v) is 10.8. The van der Waals surface area contributed by atoms with Gasteiger partial charge in [-0.2, -0.15) is 0 Å². The van der Waals surface area contributed by atoms with Gasteiger partial charge in [0.2, 0.25) is 0 Å². The Balaban J connectivity index is 2.19. The van der Waals surface area contributed by atoms with Crippen LogP contribution in [0, 0.1) is 17.6 Å². The molecule has 0 heterocycles. The molecule has 0 atom stereocenters. The summed E-state index contributed by atoms with van der Waals surface area (Å²) in [6.07, 6.45) is 4.06. The van der Waals surface area contributed by atoms with Crippen LogP contribution in [0.3, 0.4) is 0 Å². The largest absolute Gasteiger partial charge is 0.310 e. The zero-order valence-electron chi connectivity index (χ0n) is 10.8. The lowest BCUT2D eigenvalue weighted by atomic mass is 9.99. The van der Waals surface area contributed by atoms with Crippen molar-refractivity contribution in [2.45, 2.75) is 32.7 Å². The Labute approximate surface area is 107 Å². The van der Waals surface area contributed by atoms with Crippen molar-refractivity contribution in [1.82, 2.24) is 5.32 Å². The maximum Gasteiger partial charge on any atom is 0.133 e. The van der Waals surface area contributed by atoms with Crippen LogP contribution >= 0.6 is 0 Å². The zero-order chi connectivity index (χ0) is 13.1. The lowest BCUT2D eigenvalue weighted by molar-refractivity contribution is 0.577. The highest BCUT2D eigenvalue weighted by Crippen LogP contribution is 2.22. The van der Waals surface area contributed by atoms with E-state index in [0.29, 0.717) is 12.6 Å². The van der Waals surface area contributed by atoms with Gasteiger partial charge in [0.15, 0.2) is 0 Å². The van der Waals surface area contributed by atoms with E-state index in [-0.39, 0.29) is 11.5 Å². The third-order valence-electron chi connectivity index (χ3n) is 3.24. The Kier molecular flexibility index (Phi) is 4.12. The molecular weight excluding hydrogens is 232 g/mol. The van der Waals surface area contributed by atoms with Gasteiger partial charge in [-0.3, -0.25) is 0 Å². The van der Waals surface area contributed by atoms with E-state index in [0.717, 1.165) is 5.57 Å². The maximum atomic E-state index is 13.6. The summed E-state index contributed by atoms with van der Waals surface area (Å²) < 4.78 is 27.2. The number of hydrogen-bond acceptors (Lipinski definition) is 1. The van der Waals surface area contributed by atoms with E-state index in [1.165, 1.54) is 31.0 Å². The first kappa shape index (κ1) is 13.2. The summed E-state index contributed by atoms with van der Waals surface area (Å²) in [5.74, 6) is -0.727. The highest BCUT2D eigenvalue weighted by atomic mass is 19.1. The normalized spacial score (nSPS) is 16.4. The summed E-state index contributed by atoms with van der Waals surface area (Å²) in [5.41, 5.74) is 1.10. The van der Waals surface area contributed by atoms with Crippen molar-refractivity contribution < 1.29 is 8.78 Å². The molecule has 1 aromatic rings. The number of nitrogens with one attached hydrogen (secondary N) is 1. The van der Waals surface area contributed by atoms with Gasteiger partial charge in [-0.05, 0) is 37.0 Å². The summed E-state index contributed by atoms with van der Waals surface area (Å²) >= 11 is 0. The molecule has 0 radical (unpaired) electrons. The van der Waals surface area contributed by atoms with Crippen molar-refractivity contribution >= 4 is 6.08 Å². The molecule has 1 fully saturated rings. The maximum absolute atomic E-state index is 13.6. The van der Waals surface area contributed by atoms with Crippen LogP contribution in [0.2, 0.25) is 0 Å². The van der Waals surface area contributed by atoms with E-state index >= 15 is 0 Å². The molecule has 98 valence electrons. The van der Waals surface area contributed by atoms with Gasteiger partial charge in [-0.15, -0.1) is 0 Å². The summed E-state index contributed by atoms with van der Waals surface area (Å²) in [5, 5.41) is 3.38. The second-order valence-corrected chi connectivity index (χ2v) is 5.16. The molecule has 0 aromatic heterocycles. The fourth-order valence-electron chi connectivity index (χ4n) is 1.81. The molecule has 3 heteroatoms. The van der Waals surface area contributed by atoms with Gasteiger partial charge in [0.05, 0.1) is 0 Å². The van der Waals surface area contributed by atoms with E-state index < -0.39 is 11.6 Å². The van der Waals surface area contributed by atoms with Gasteiger partial charge in [0, 0.05) is 18.2 Å². The quantitative estimate of drug-likeness (QED) is 0.840. The fourth-order valence-corrected chi connectivity index (χ4v) is 1.81. The number of hydrogen-bond donors (Lipinski definition) is 1. The van der Waals surface area contributed by atoms with Gasteiger partial charge >= 0.3 is 0 Å². The Morgan fingerprint density at radius 1 is 1.33 bits per heavy atom. The average molecular weight is 251 g/mol. The molecule has 1 aliphatic carbocycles. The molecule has 0 amide bonds. The van der Waals surface area contributed by atoms with Gasteiger partial charge < -0.3 is 5.32 Å². The van der Waals surface area contributed by atoms with Crippen molar-refractivity contribution in [3.63, 3.8) is 0 Å². The van der Waals surface area contributed by atoms with E-state index in [2.05, 4.69) is 5.32 Å². The Morgan fingerprint density at radius 3 is 2.44 bits per heavy atom. The molecule has 0 unspecified atom stereocenters. The van der Waals surface area contributed by atoms with Crippen LogP contribution in [-0.2, 0) is 0 Å². The number of benzene rings is 1. The first-order valence-corrected chi connectivity index (χ1v) is 6.45. The molecule has 0 aliphatic heterocycles. The second-order valence-electron chi connectivity index (χ2n) is 5.16. The summed E-state index contributed by atoms with van der Waals surface area (Å²) in [6.45, 7) is 4.79. The fraction of sp³-hybridized carbons (Fsp3) is 0.467. The van der Waals surface area contributed by atoms with Crippen LogP contribution in [-0.4, -0.2) is 12.6 Å². The molecule has 1 aromatic carbocycles. The van der Waals surface area contributed by atoms with Gasteiger partial charge in [-0.1, -0.05) is 25.5 Å². The molecule has 1 N–H and O–H groups in total. The van der Waals surface area contributed by atoms with E-state index in [4.69, 9.17) is 0 Å². The lowest BCUT2D eigenvalue weighted by Gasteiger charge is -2.13. The standard InChI is InChI=1S/C15H19F2N/c1-10(2)11(9-18-12-6-7-12)8-13-14(16)4-3-5-15(13)17/h3-5,8,10,12,18H,6-7,9H2,1-2H3. The van der Waals surface area contributed by atoms with E-state index in [9.17, 15) is 8.78 Å². The predicted octanol–water partition coefficient (Wildman–Crippen LogP) is 3.76. The van der Waals surface area contributed by atoms with Crippen molar-refractivity contribution in [3.05, 3.63) is 41.0 Å². The average Bonchev–Trinajstić information content (AvgIpc) is 3.11. The second kappa shape index (κ2) is 5.61. The Morgan fingerprint density at radius 2 is 1.94 bits per heavy atom. The van der Waals surface area contributed by atoms with Crippen LogP contribution in [0.5, 0.6) is 0 Å². The molecule has 1 nitrogen and oxygen atoms in total. The molecule has 1 saturated carbocycles. The third kappa shape index (κ3) is 3.39. The van der Waals surface area contributed by atoms with Gasteiger partial charge in [-0.25, -0.2) is 8.78 Å². The van der Waals surface area contributed by atoms with E-state index in [1.54, 1.807) is 6.08 Å². The Hall–Kier alpha value is -1.22.